The predicted molar refractivity (Wildman–Crippen MR) is 95.4 cm³/mol. The van der Waals surface area contributed by atoms with Gasteiger partial charge in [0, 0.05) is 37.4 Å². The Labute approximate surface area is 156 Å². The van der Waals surface area contributed by atoms with E-state index in [1.807, 2.05) is 0 Å². The second-order valence-electron chi connectivity index (χ2n) is 5.49. The largest absolute Gasteiger partial charge is 0.336 e. The Morgan fingerprint density at radius 1 is 1.00 bits per heavy atom. The van der Waals surface area contributed by atoms with Crippen molar-refractivity contribution in [3.63, 3.8) is 0 Å². The molecule has 3 rings (SSSR count). The summed E-state index contributed by atoms with van der Waals surface area (Å²) in [5, 5.41) is 0.617. The van der Waals surface area contributed by atoms with Crippen LogP contribution in [0.2, 0.25) is 10.2 Å². The number of sulfonamides is 1. The molecule has 1 aliphatic heterocycles. The third-order valence-electron chi connectivity index (χ3n) is 3.97. The van der Waals surface area contributed by atoms with E-state index in [0.717, 1.165) is 0 Å². The van der Waals surface area contributed by atoms with Crippen LogP contribution < -0.4 is 0 Å². The van der Waals surface area contributed by atoms with Gasteiger partial charge in [-0.1, -0.05) is 23.2 Å². The van der Waals surface area contributed by atoms with Crippen molar-refractivity contribution in [1.82, 2.24) is 14.2 Å². The summed E-state index contributed by atoms with van der Waals surface area (Å²) in [5.74, 6) is -0.248. The van der Waals surface area contributed by atoms with Gasteiger partial charge >= 0.3 is 0 Å². The van der Waals surface area contributed by atoms with E-state index in [9.17, 15) is 13.2 Å². The molecule has 6 nitrogen and oxygen atoms in total. The molecule has 1 aromatic heterocycles. The van der Waals surface area contributed by atoms with E-state index in [1.54, 1.807) is 29.2 Å². The van der Waals surface area contributed by atoms with Crippen LogP contribution >= 0.6 is 23.2 Å². The third-order valence-corrected chi connectivity index (χ3v) is 6.43. The Hall–Kier alpha value is -1.67. The summed E-state index contributed by atoms with van der Waals surface area (Å²) >= 11 is 11.8. The minimum atomic E-state index is -3.60. The van der Waals surface area contributed by atoms with Crippen LogP contribution in [0.15, 0.2) is 47.5 Å². The fraction of sp³-hybridized carbons (Fsp3) is 0.250. The highest BCUT2D eigenvalue weighted by Gasteiger charge is 2.31. The van der Waals surface area contributed by atoms with Crippen molar-refractivity contribution < 1.29 is 13.2 Å². The summed E-state index contributed by atoms with van der Waals surface area (Å²) in [6, 6.07) is 9.28. The van der Waals surface area contributed by atoms with Crippen molar-refractivity contribution >= 4 is 39.1 Å². The number of benzene rings is 1. The van der Waals surface area contributed by atoms with Crippen molar-refractivity contribution in [3.05, 3.63) is 58.3 Å². The smallest absolute Gasteiger partial charge is 0.257 e. The highest BCUT2D eigenvalue weighted by atomic mass is 35.5. The van der Waals surface area contributed by atoms with Crippen LogP contribution in [0.4, 0.5) is 0 Å². The lowest BCUT2D eigenvalue weighted by Gasteiger charge is -2.34. The molecule has 2 heterocycles. The maximum atomic E-state index is 12.6. The van der Waals surface area contributed by atoms with Crippen molar-refractivity contribution in [3.8, 4) is 0 Å². The van der Waals surface area contributed by atoms with Crippen LogP contribution in [0.25, 0.3) is 0 Å². The molecular formula is C16H15Cl2N3O3S. The first kappa shape index (κ1) is 18.1. The van der Waals surface area contributed by atoms with E-state index >= 15 is 0 Å². The summed E-state index contributed by atoms with van der Waals surface area (Å²) < 4.78 is 26.7. The van der Waals surface area contributed by atoms with Gasteiger partial charge in [-0.3, -0.25) is 4.79 Å². The zero-order chi connectivity index (χ0) is 18.0. The molecule has 0 radical (unpaired) electrons. The van der Waals surface area contributed by atoms with Crippen molar-refractivity contribution in [2.75, 3.05) is 26.2 Å². The number of hydrogen-bond acceptors (Lipinski definition) is 4. The molecule has 0 bridgehead atoms. The number of halogens is 2. The average molecular weight is 400 g/mol. The molecule has 0 N–H and O–H groups in total. The molecule has 1 saturated heterocycles. The predicted octanol–water partition coefficient (Wildman–Crippen LogP) is 2.54. The zero-order valence-electron chi connectivity index (χ0n) is 13.1. The first-order chi connectivity index (χ1) is 11.9. The van der Waals surface area contributed by atoms with Crippen LogP contribution in [-0.2, 0) is 10.0 Å². The second-order valence-corrected chi connectivity index (χ2v) is 8.22. The van der Waals surface area contributed by atoms with Crippen LogP contribution in [-0.4, -0.2) is 54.7 Å². The molecule has 1 fully saturated rings. The number of aromatic nitrogens is 1. The number of rotatable bonds is 3. The van der Waals surface area contributed by atoms with Crippen LogP contribution in [0.5, 0.6) is 0 Å². The highest BCUT2D eigenvalue weighted by Crippen LogP contribution is 2.21. The normalized spacial score (nSPS) is 16.0. The van der Waals surface area contributed by atoms with Crippen molar-refractivity contribution in [1.29, 1.82) is 0 Å². The van der Waals surface area contributed by atoms with Gasteiger partial charge in [-0.05, 0) is 36.4 Å². The number of carbonyl (C=O) groups is 1. The van der Waals surface area contributed by atoms with E-state index in [-0.39, 0.29) is 42.1 Å². The number of amides is 1. The number of piperazine rings is 1. The van der Waals surface area contributed by atoms with E-state index in [4.69, 9.17) is 23.2 Å². The van der Waals surface area contributed by atoms with Gasteiger partial charge in [0.15, 0.2) is 0 Å². The van der Waals surface area contributed by atoms with E-state index in [1.165, 1.54) is 22.6 Å². The first-order valence-electron chi connectivity index (χ1n) is 7.55. The number of hydrogen-bond donors (Lipinski definition) is 0. The summed E-state index contributed by atoms with van der Waals surface area (Å²) in [4.78, 5) is 18.2. The summed E-state index contributed by atoms with van der Waals surface area (Å²) in [7, 11) is -3.60. The van der Waals surface area contributed by atoms with Crippen molar-refractivity contribution in [2.45, 2.75) is 4.90 Å². The van der Waals surface area contributed by atoms with E-state index < -0.39 is 10.0 Å². The van der Waals surface area contributed by atoms with Gasteiger partial charge in [-0.2, -0.15) is 4.31 Å². The van der Waals surface area contributed by atoms with Crippen LogP contribution in [0, 0.1) is 0 Å². The molecule has 1 amide bonds. The Balaban J connectivity index is 1.70. The van der Waals surface area contributed by atoms with E-state index in [0.29, 0.717) is 10.6 Å². The zero-order valence-corrected chi connectivity index (χ0v) is 15.4. The third kappa shape index (κ3) is 3.79. The molecule has 0 aliphatic carbocycles. The Morgan fingerprint density at radius 2 is 1.64 bits per heavy atom. The maximum Gasteiger partial charge on any atom is 0.257 e. The van der Waals surface area contributed by atoms with Crippen LogP contribution in [0.1, 0.15) is 10.4 Å². The molecule has 9 heteroatoms. The summed E-state index contributed by atoms with van der Waals surface area (Å²) in [6.45, 7) is 1.01. The molecule has 0 atom stereocenters. The van der Waals surface area contributed by atoms with Gasteiger partial charge in [-0.15, -0.1) is 0 Å². The minimum absolute atomic E-state index is 0.142. The first-order valence-corrected chi connectivity index (χ1v) is 9.75. The Morgan fingerprint density at radius 3 is 2.24 bits per heavy atom. The SMILES string of the molecule is O=C(c1cccnc1Cl)N1CCN(S(=O)(=O)c2ccc(Cl)cc2)CC1. The molecule has 2 aromatic rings. The van der Waals surface area contributed by atoms with Gasteiger partial charge in [0.05, 0.1) is 10.5 Å². The Bertz CT molecular complexity index is 880. The van der Waals surface area contributed by atoms with Gasteiger partial charge < -0.3 is 4.90 Å². The molecular weight excluding hydrogens is 385 g/mol. The second kappa shape index (κ2) is 7.29. The number of nitrogens with zero attached hydrogens (tertiary/aromatic N) is 3. The highest BCUT2D eigenvalue weighted by molar-refractivity contribution is 7.89. The molecule has 132 valence electrons. The molecule has 1 aromatic carbocycles. The quantitative estimate of drug-likeness (QED) is 0.743. The van der Waals surface area contributed by atoms with Crippen molar-refractivity contribution in [2.24, 2.45) is 0 Å². The van der Waals surface area contributed by atoms with E-state index in [2.05, 4.69) is 4.98 Å². The van der Waals surface area contributed by atoms with Gasteiger partial charge in [0.1, 0.15) is 5.15 Å². The van der Waals surface area contributed by atoms with Gasteiger partial charge in [-0.25, -0.2) is 13.4 Å². The Kier molecular flexibility index (Phi) is 5.29. The van der Waals surface area contributed by atoms with Gasteiger partial charge in [0.25, 0.3) is 5.91 Å². The number of pyridine rings is 1. The fourth-order valence-corrected chi connectivity index (χ4v) is 4.35. The summed E-state index contributed by atoms with van der Waals surface area (Å²) in [5.41, 5.74) is 0.318. The lowest BCUT2D eigenvalue weighted by Crippen LogP contribution is -2.50. The molecule has 25 heavy (non-hydrogen) atoms. The van der Waals surface area contributed by atoms with Crippen LogP contribution in [0.3, 0.4) is 0 Å². The number of carbonyl (C=O) groups excluding carboxylic acids is 1. The standard InChI is InChI=1S/C16H15Cl2N3O3S/c17-12-3-5-13(6-4-12)25(23,24)21-10-8-20(9-11-21)16(22)14-2-1-7-19-15(14)18/h1-7H,8-11H2. The van der Waals surface area contributed by atoms with Gasteiger partial charge in [0.2, 0.25) is 10.0 Å². The monoisotopic (exact) mass is 399 g/mol. The molecule has 0 spiro atoms. The minimum Gasteiger partial charge on any atom is -0.336 e. The lowest BCUT2D eigenvalue weighted by atomic mass is 10.2. The average Bonchev–Trinajstić information content (AvgIpc) is 2.62. The maximum absolute atomic E-state index is 12.6. The molecule has 0 unspecified atom stereocenters. The topological polar surface area (TPSA) is 70.6 Å². The molecule has 0 saturated carbocycles. The summed E-state index contributed by atoms with van der Waals surface area (Å²) in [6.07, 6.45) is 1.51. The lowest BCUT2D eigenvalue weighted by molar-refractivity contribution is 0.0697. The fourth-order valence-electron chi connectivity index (χ4n) is 2.60. The molecule has 1 aliphatic rings.